The van der Waals surface area contributed by atoms with Crippen LogP contribution in [-0.4, -0.2) is 16.1 Å². The fraction of sp³-hybridized carbons (Fsp3) is 0.375. The molecule has 1 fully saturated rings. The summed E-state index contributed by atoms with van der Waals surface area (Å²) in [6.07, 6.45) is 7.32. The molecule has 1 aliphatic carbocycles. The summed E-state index contributed by atoms with van der Waals surface area (Å²) in [6, 6.07) is 5.61. The summed E-state index contributed by atoms with van der Waals surface area (Å²) in [6.45, 7) is 0. The number of carbonyl (C=O) groups is 1. The summed E-state index contributed by atoms with van der Waals surface area (Å²) in [5.41, 5.74) is 1.35. The lowest BCUT2D eigenvalue weighted by Crippen LogP contribution is -2.16. The number of pyridine rings is 1. The highest BCUT2D eigenvalue weighted by Gasteiger charge is 2.19. The van der Waals surface area contributed by atoms with E-state index < -0.39 is 11.4 Å². The molecular weight excluding hydrogens is 254 g/mol. The second kappa shape index (κ2) is 5.12. The summed E-state index contributed by atoms with van der Waals surface area (Å²) in [5.74, 6) is -0.713. The third-order valence-electron chi connectivity index (χ3n) is 4.22. The van der Waals surface area contributed by atoms with E-state index in [-0.39, 0.29) is 5.56 Å². The van der Waals surface area contributed by atoms with Crippen molar-refractivity contribution in [2.45, 2.75) is 38.0 Å². The smallest absolute Gasteiger partial charge is 0.341 e. The molecule has 1 aromatic heterocycles. The van der Waals surface area contributed by atoms with Gasteiger partial charge in [-0.25, -0.2) is 4.79 Å². The number of aromatic nitrogens is 1. The van der Waals surface area contributed by atoms with Crippen molar-refractivity contribution < 1.29 is 9.90 Å². The zero-order valence-electron chi connectivity index (χ0n) is 11.2. The number of para-hydroxylation sites is 1. The van der Waals surface area contributed by atoms with E-state index in [1.54, 1.807) is 6.07 Å². The number of nitrogens with one attached hydrogen (secondary N) is 1. The van der Waals surface area contributed by atoms with Gasteiger partial charge in [0, 0.05) is 11.6 Å². The van der Waals surface area contributed by atoms with Crippen LogP contribution in [0.15, 0.2) is 29.2 Å². The minimum absolute atomic E-state index is 0.196. The lowest BCUT2D eigenvalue weighted by Gasteiger charge is -2.23. The van der Waals surface area contributed by atoms with Crippen molar-refractivity contribution >= 4 is 16.9 Å². The van der Waals surface area contributed by atoms with Crippen molar-refractivity contribution in [1.29, 1.82) is 0 Å². The van der Waals surface area contributed by atoms with Gasteiger partial charge in [0.05, 0.1) is 5.52 Å². The molecule has 1 heterocycles. The molecule has 0 unspecified atom stereocenters. The fourth-order valence-electron chi connectivity index (χ4n) is 3.19. The molecule has 20 heavy (non-hydrogen) atoms. The van der Waals surface area contributed by atoms with Gasteiger partial charge in [0.1, 0.15) is 5.56 Å². The van der Waals surface area contributed by atoms with Crippen molar-refractivity contribution in [3.8, 4) is 0 Å². The van der Waals surface area contributed by atoms with Gasteiger partial charge in [0.15, 0.2) is 0 Å². The van der Waals surface area contributed by atoms with Crippen LogP contribution in [0.3, 0.4) is 0 Å². The van der Waals surface area contributed by atoms with Crippen molar-refractivity contribution in [1.82, 2.24) is 4.98 Å². The zero-order chi connectivity index (χ0) is 14.1. The van der Waals surface area contributed by atoms with Gasteiger partial charge in [-0.2, -0.15) is 0 Å². The number of carboxylic acids is 1. The molecule has 104 valence electrons. The predicted molar refractivity (Wildman–Crippen MR) is 77.4 cm³/mol. The Labute approximate surface area is 116 Å². The largest absolute Gasteiger partial charge is 0.477 e. The molecule has 0 amide bonds. The predicted octanol–water partition coefficient (Wildman–Crippen LogP) is 3.27. The van der Waals surface area contributed by atoms with Gasteiger partial charge in [-0.1, -0.05) is 31.4 Å². The first kappa shape index (κ1) is 12.9. The van der Waals surface area contributed by atoms with E-state index in [2.05, 4.69) is 11.1 Å². The molecular formula is C16H17NO3. The zero-order valence-corrected chi connectivity index (χ0v) is 11.2. The molecule has 0 aliphatic heterocycles. The molecule has 0 radical (unpaired) electrons. The third-order valence-corrected chi connectivity index (χ3v) is 4.22. The van der Waals surface area contributed by atoms with Crippen LogP contribution in [0.2, 0.25) is 0 Å². The van der Waals surface area contributed by atoms with E-state index in [9.17, 15) is 9.59 Å². The molecule has 4 heteroatoms. The van der Waals surface area contributed by atoms with Crippen LogP contribution < -0.4 is 5.43 Å². The molecule has 1 aromatic carbocycles. The molecule has 1 aliphatic rings. The summed E-state index contributed by atoms with van der Waals surface area (Å²) in [4.78, 5) is 26.3. The Bertz CT molecular complexity index is 711. The first-order chi connectivity index (χ1) is 9.68. The highest BCUT2D eigenvalue weighted by Crippen LogP contribution is 2.35. The maximum atomic E-state index is 12.2. The molecule has 0 saturated heterocycles. The summed E-state index contributed by atoms with van der Waals surface area (Å²) in [5, 5.41) is 9.50. The van der Waals surface area contributed by atoms with Crippen LogP contribution >= 0.6 is 0 Å². The number of hydrogen-bond acceptors (Lipinski definition) is 2. The maximum Gasteiger partial charge on any atom is 0.341 e. The molecule has 1 saturated carbocycles. The van der Waals surface area contributed by atoms with Crippen LogP contribution in [-0.2, 0) is 0 Å². The second-order valence-corrected chi connectivity index (χ2v) is 5.44. The van der Waals surface area contributed by atoms with E-state index in [0.717, 1.165) is 23.9 Å². The minimum Gasteiger partial charge on any atom is -0.477 e. The van der Waals surface area contributed by atoms with Crippen LogP contribution in [0.5, 0.6) is 0 Å². The summed E-state index contributed by atoms with van der Waals surface area (Å²) >= 11 is 0. The average Bonchev–Trinajstić information content (AvgIpc) is 2.48. The van der Waals surface area contributed by atoms with Crippen molar-refractivity contribution in [2.75, 3.05) is 0 Å². The van der Waals surface area contributed by atoms with Gasteiger partial charge in [-0.15, -0.1) is 0 Å². The Morgan fingerprint density at radius 1 is 1.20 bits per heavy atom. The Morgan fingerprint density at radius 2 is 1.95 bits per heavy atom. The molecule has 4 nitrogen and oxygen atoms in total. The van der Waals surface area contributed by atoms with E-state index >= 15 is 0 Å². The molecule has 2 N–H and O–H groups in total. The number of aromatic amines is 1. The van der Waals surface area contributed by atoms with Crippen molar-refractivity contribution in [2.24, 2.45) is 0 Å². The normalized spacial score (nSPS) is 16.4. The minimum atomic E-state index is -1.18. The van der Waals surface area contributed by atoms with E-state index in [1.807, 2.05) is 6.07 Å². The van der Waals surface area contributed by atoms with Gasteiger partial charge in [-0.3, -0.25) is 4.79 Å². The van der Waals surface area contributed by atoms with Crippen LogP contribution in [0.1, 0.15) is 53.9 Å². The van der Waals surface area contributed by atoms with Crippen LogP contribution in [0, 0.1) is 0 Å². The Kier molecular flexibility index (Phi) is 3.30. The van der Waals surface area contributed by atoms with Gasteiger partial charge in [0.25, 0.3) is 0 Å². The first-order valence-electron chi connectivity index (χ1n) is 7.06. The topological polar surface area (TPSA) is 70.2 Å². The number of rotatable bonds is 2. The maximum absolute atomic E-state index is 12.2. The monoisotopic (exact) mass is 271 g/mol. The molecule has 0 bridgehead atoms. The molecule has 0 atom stereocenters. The van der Waals surface area contributed by atoms with Crippen LogP contribution in [0.4, 0.5) is 0 Å². The molecule has 3 rings (SSSR count). The quantitative estimate of drug-likeness (QED) is 0.880. The SMILES string of the molecule is O=C(O)c1c[nH]c2c(C3CCCCC3)cccc2c1=O. The van der Waals surface area contributed by atoms with E-state index in [0.29, 0.717) is 11.3 Å². The van der Waals surface area contributed by atoms with Gasteiger partial charge >= 0.3 is 5.97 Å². The highest BCUT2D eigenvalue weighted by atomic mass is 16.4. The number of fused-ring (bicyclic) bond motifs is 1. The van der Waals surface area contributed by atoms with Gasteiger partial charge in [-0.05, 0) is 30.4 Å². The lowest BCUT2D eigenvalue weighted by molar-refractivity contribution is 0.0695. The molecule has 0 spiro atoms. The third kappa shape index (κ3) is 2.11. The summed E-state index contributed by atoms with van der Waals surface area (Å²) < 4.78 is 0. The number of aromatic carboxylic acids is 1. The standard InChI is InChI=1S/C16H17NO3/c18-15-12-8-4-7-11(10-5-2-1-3-6-10)14(12)17-9-13(15)16(19)20/h4,7-10H,1-3,5-6H2,(H,17,18)(H,19,20). The van der Waals surface area contributed by atoms with Crippen molar-refractivity contribution in [3.05, 3.63) is 45.7 Å². The second-order valence-electron chi connectivity index (χ2n) is 5.44. The summed E-state index contributed by atoms with van der Waals surface area (Å²) in [7, 11) is 0. The lowest BCUT2D eigenvalue weighted by atomic mass is 9.83. The van der Waals surface area contributed by atoms with Gasteiger partial charge in [0.2, 0.25) is 5.43 Å². The molecule has 2 aromatic rings. The van der Waals surface area contributed by atoms with E-state index in [4.69, 9.17) is 5.11 Å². The number of benzene rings is 1. The highest BCUT2D eigenvalue weighted by molar-refractivity contribution is 5.93. The Morgan fingerprint density at radius 3 is 2.65 bits per heavy atom. The number of H-pyrrole nitrogens is 1. The fourth-order valence-corrected chi connectivity index (χ4v) is 3.19. The number of carboxylic acid groups (broad SMARTS) is 1. The van der Waals surface area contributed by atoms with E-state index in [1.165, 1.54) is 25.5 Å². The van der Waals surface area contributed by atoms with Gasteiger partial charge < -0.3 is 10.1 Å². The first-order valence-corrected chi connectivity index (χ1v) is 7.06. The van der Waals surface area contributed by atoms with Crippen LogP contribution in [0.25, 0.3) is 10.9 Å². The average molecular weight is 271 g/mol. The Hall–Kier alpha value is -2.10. The Balaban J connectivity index is 2.18. The number of hydrogen-bond donors (Lipinski definition) is 2. The van der Waals surface area contributed by atoms with Crippen molar-refractivity contribution in [3.63, 3.8) is 0 Å².